The lowest BCUT2D eigenvalue weighted by Crippen LogP contribution is -2.33. The maximum Gasteiger partial charge on any atom is 0.266 e. The fourth-order valence-corrected chi connectivity index (χ4v) is 4.68. The van der Waals surface area contributed by atoms with Crippen molar-refractivity contribution in [1.82, 2.24) is 9.55 Å². The summed E-state index contributed by atoms with van der Waals surface area (Å²) in [5.74, 6) is -0.131. The number of aromatic nitrogens is 2. The van der Waals surface area contributed by atoms with Gasteiger partial charge in [-0.15, -0.1) is 0 Å². The molecule has 1 aromatic heterocycles. The predicted octanol–water partition coefficient (Wildman–Crippen LogP) is 5.39. The number of nitrogens with zero attached hydrogens (tertiary/aromatic N) is 4. The number of thioether (sulfide) groups is 1. The van der Waals surface area contributed by atoms with E-state index in [0.717, 1.165) is 11.3 Å². The molecule has 4 aromatic rings. The molecule has 170 valence electrons. The molecule has 1 amide bonds. The molecule has 0 aliphatic heterocycles. The molecular formula is C26H21ClN4O2S. The Balaban J connectivity index is 1.74. The fourth-order valence-electron chi connectivity index (χ4n) is 3.63. The monoisotopic (exact) mass is 488 g/mol. The van der Waals surface area contributed by atoms with E-state index in [1.807, 2.05) is 49.4 Å². The fraction of sp³-hybridized carbons (Fsp3) is 0.154. The molecule has 0 bridgehead atoms. The average Bonchev–Trinajstić information content (AvgIpc) is 2.86. The Kier molecular flexibility index (Phi) is 7.31. The number of halogens is 1. The summed E-state index contributed by atoms with van der Waals surface area (Å²) in [5, 5.41) is 10.5. The van der Waals surface area contributed by atoms with E-state index in [1.165, 1.54) is 16.3 Å². The number of hydrogen-bond donors (Lipinski definition) is 0. The van der Waals surface area contributed by atoms with Crippen molar-refractivity contribution in [2.24, 2.45) is 0 Å². The van der Waals surface area contributed by atoms with Crippen molar-refractivity contribution in [2.75, 3.05) is 17.2 Å². The van der Waals surface area contributed by atoms with Crippen LogP contribution in [0.2, 0.25) is 5.02 Å². The number of anilines is 1. The van der Waals surface area contributed by atoms with Crippen LogP contribution in [0.5, 0.6) is 0 Å². The number of fused-ring (bicyclic) bond motifs is 1. The number of para-hydroxylation sites is 2. The van der Waals surface area contributed by atoms with Crippen LogP contribution in [0.1, 0.15) is 12.0 Å². The molecule has 0 aliphatic rings. The van der Waals surface area contributed by atoms with Crippen LogP contribution in [0.4, 0.5) is 5.69 Å². The van der Waals surface area contributed by atoms with Crippen LogP contribution in [0.15, 0.2) is 82.7 Å². The molecule has 34 heavy (non-hydrogen) atoms. The third-order valence-corrected chi connectivity index (χ3v) is 6.70. The summed E-state index contributed by atoms with van der Waals surface area (Å²) in [7, 11) is 0. The minimum Gasteiger partial charge on any atom is -0.311 e. The third kappa shape index (κ3) is 4.84. The van der Waals surface area contributed by atoms with Gasteiger partial charge in [0.25, 0.3) is 5.56 Å². The maximum absolute atomic E-state index is 13.5. The molecule has 0 aliphatic carbocycles. The van der Waals surface area contributed by atoms with Gasteiger partial charge in [-0.1, -0.05) is 59.8 Å². The van der Waals surface area contributed by atoms with E-state index in [4.69, 9.17) is 21.8 Å². The van der Waals surface area contributed by atoms with Crippen molar-refractivity contribution in [1.29, 1.82) is 5.26 Å². The minimum atomic E-state index is -0.227. The van der Waals surface area contributed by atoms with Gasteiger partial charge >= 0.3 is 0 Å². The summed E-state index contributed by atoms with van der Waals surface area (Å²) in [6, 6.07) is 23.8. The molecule has 3 aromatic carbocycles. The summed E-state index contributed by atoms with van der Waals surface area (Å²) in [6.07, 6.45) is 0.214. The van der Waals surface area contributed by atoms with Crippen LogP contribution in [-0.2, 0) is 4.79 Å². The zero-order valence-electron chi connectivity index (χ0n) is 18.4. The Morgan fingerprint density at radius 1 is 1.09 bits per heavy atom. The van der Waals surface area contributed by atoms with E-state index < -0.39 is 0 Å². The second-order valence-electron chi connectivity index (χ2n) is 7.51. The van der Waals surface area contributed by atoms with Crippen LogP contribution in [0, 0.1) is 18.3 Å². The molecule has 0 unspecified atom stereocenters. The summed E-state index contributed by atoms with van der Waals surface area (Å²) >= 11 is 7.53. The summed E-state index contributed by atoms with van der Waals surface area (Å²) in [6.45, 7) is 2.13. The normalized spacial score (nSPS) is 10.7. The smallest absolute Gasteiger partial charge is 0.266 e. The highest BCUT2D eigenvalue weighted by molar-refractivity contribution is 7.99. The lowest BCUT2D eigenvalue weighted by Gasteiger charge is -2.22. The largest absolute Gasteiger partial charge is 0.311 e. The minimum absolute atomic E-state index is 0.0463. The first kappa shape index (κ1) is 23.6. The molecule has 0 saturated carbocycles. The topological polar surface area (TPSA) is 79.0 Å². The first-order valence-electron chi connectivity index (χ1n) is 10.6. The van der Waals surface area contributed by atoms with E-state index >= 15 is 0 Å². The summed E-state index contributed by atoms with van der Waals surface area (Å²) < 4.78 is 1.52. The number of benzene rings is 3. The molecule has 0 fully saturated rings. The van der Waals surface area contributed by atoms with Crippen molar-refractivity contribution in [3.63, 3.8) is 0 Å². The third-order valence-electron chi connectivity index (χ3n) is 5.37. The zero-order valence-corrected chi connectivity index (χ0v) is 20.0. The summed E-state index contributed by atoms with van der Waals surface area (Å²) in [5.41, 5.74) is 2.42. The van der Waals surface area contributed by atoms with Gasteiger partial charge < -0.3 is 4.90 Å². The number of carbonyl (C=O) groups excluding carboxylic acids is 1. The van der Waals surface area contributed by atoms with Gasteiger partial charge in [-0.3, -0.25) is 14.2 Å². The Morgan fingerprint density at radius 2 is 1.82 bits per heavy atom. The first-order chi connectivity index (χ1) is 16.5. The molecule has 8 heteroatoms. The van der Waals surface area contributed by atoms with Crippen LogP contribution < -0.4 is 10.5 Å². The maximum atomic E-state index is 13.5. The van der Waals surface area contributed by atoms with Crippen LogP contribution in [-0.4, -0.2) is 27.8 Å². The second kappa shape index (κ2) is 10.6. The van der Waals surface area contributed by atoms with Crippen molar-refractivity contribution < 1.29 is 4.79 Å². The zero-order chi connectivity index (χ0) is 24.1. The van der Waals surface area contributed by atoms with Crippen molar-refractivity contribution >= 4 is 45.9 Å². The van der Waals surface area contributed by atoms with Crippen LogP contribution in [0.25, 0.3) is 16.6 Å². The molecule has 0 N–H and O–H groups in total. The molecule has 0 radical (unpaired) electrons. The van der Waals surface area contributed by atoms with Gasteiger partial charge in [0, 0.05) is 17.3 Å². The van der Waals surface area contributed by atoms with Crippen LogP contribution >= 0.6 is 23.4 Å². The molecule has 0 atom stereocenters. The van der Waals surface area contributed by atoms with Crippen LogP contribution in [0.3, 0.4) is 0 Å². The lowest BCUT2D eigenvalue weighted by atomic mass is 10.2. The Bertz CT molecular complexity index is 1450. The Hall–Kier alpha value is -3.60. The SMILES string of the molecule is Cc1c(Cl)cccc1-n1c(SCC(=O)N(CCC#N)c2ccccc2)nc2ccccc2c1=O. The van der Waals surface area contributed by atoms with Gasteiger partial charge in [0.05, 0.1) is 34.8 Å². The number of carbonyl (C=O) groups is 1. The molecule has 1 heterocycles. The standard InChI is InChI=1S/C26H21ClN4O2S/c1-18-21(27)12-7-14-23(18)31-25(33)20-11-5-6-13-22(20)29-26(31)34-17-24(32)30(16-8-15-28)19-9-3-2-4-10-19/h2-7,9-14H,8,16-17H2,1H3. The van der Waals surface area contributed by atoms with Gasteiger partial charge in [-0.05, 0) is 48.9 Å². The molecule has 4 rings (SSSR count). The molecule has 6 nitrogen and oxygen atoms in total. The number of nitriles is 1. The van der Waals surface area contributed by atoms with E-state index in [0.29, 0.717) is 26.8 Å². The van der Waals surface area contributed by atoms with Gasteiger partial charge in [-0.2, -0.15) is 5.26 Å². The van der Waals surface area contributed by atoms with Gasteiger partial charge in [-0.25, -0.2) is 4.98 Å². The van der Waals surface area contributed by atoms with Gasteiger partial charge in [0.2, 0.25) is 5.91 Å². The lowest BCUT2D eigenvalue weighted by molar-refractivity contribution is -0.116. The van der Waals surface area contributed by atoms with E-state index in [-0.39, 0.29) is 30.2 Å². The Labute approximate surface area is 206 Å². The van der Waals surface area contributed by atoms with E-state index in [2.05, 4.69) is 6.07 Å². The highest BCUT2D eigenvalue weighted by Crippen LogP contribution is 2.27. The number of hydrogen-bond acceptors (Lipinski definition) is 5. The van der Waals surface area contributed by atoms with E-state index in [1.54, 1.807) is 35.2 Å². The number of rotatable bonds is 7. The quantitative estimate of drug-likeness (QED) is 0.257. The van der Waals surface area contributed by atoms with Crippen molar-refractivity contribution in [2.45, 2.75) is 18.5 Å². The molecule has 0 saturated heterocycles. The Morgan fingerprint density at radius 3 is 2.59 bits per heavy atom. The first-order valence-corrected chi connectivity index (χ1v) is 12.0. The predicted molar refractivity (Wildman–Crippen MR) is 137 cm³/mol. The highest BCUT2D eigenvalue weighted by atomic mass is 35.5. The van der Waals surface area contributed by atoms with Crippen molar-refractivity contribution in [3.05, 3.63) is 93.7 Å². The average molecular weight is 489 g/mol. The highest BCUT2D eigenvalue weighted by Gasteiger charge is 2.20. The molecule has 0 spiro atoms. The molecular weight excluding hydrogens is 468 g/mol. The second-order valence-corrected chi connectivity index (χ2v) is 8.86. The van der Waals surface area contributed by atoms with E-state index in [9.17, 15) is 9.59 Å². The van der Waals surface area contributed by atoms with Gasteiger partial charge in [0.15, 0.2) is 5.16 Å². The number of amides is 1. The summed E-state index contributed by atoms with van der Waals surface area (Å²) in [4.78, 5) is 33.0. The van der Waals surface area contributed by atoms with Crippen molar-refractivity contribution in [3.8, 4) is 11.8 Å². The van der Waals surface area contributed by atoms with Gasteiger partial charge in [0.1, 0.15) is 0 Å².